The Morgan fingerprint density at radius 3 is 2.78 bits per heavy atom. The van der Waals surface area contributed by atoms with Gasteiger partial charge in [0.05, 0.1) is 13.2 Å². The number of methoxy groups -OCH3 is 1. The van der Waals surface area contributed by atoms with Crippen LogP contribution in [0, 0.1) is 5.41 Å². The SMILES string of the molecule is COC(c1noc(C2COCCN2)n1)C(C)(C)C. The second kappa shape index (κ2) is 5.34. The lowest BCUT2D eigenvalue weighted by Crippen LogP contribution is -2.34. The van der Waals surface area contributed by atoms with Crippen LogP contribution in [0.5, 0.6) is 0 Å². The topological polar surface area (TPSA) is 69.4 Å². The Morgan fingerprint density at radius 1 is 1.44 bits per heavy atom. The van der Waals surface area contributed by atoms with Gasteiger partial charge in [0.1, 0.15) is 12.1 Å². The molecule has 1 aromatic heterocycles. The van der Waals surface area contributed by atoms with Crippen LogP contribution in [0.4, 0.5) is 0 Å². The van der Waals surface area contributed by atoms with Crippen LogP contribution in [-0.2, 0) is 9.47 Å². The standard InChI is InChI=1S/C12H21N3O3/c1-12(2,3)9(16-4)10-14-11(18-15-10)8-7-17-6-5-13-8/h8-9,13H,5-7H2,1-4H3. The number of ether oxygens (including phenoxy) is 2. The average Bonchev–Trinajstić information content (AvgIpc) is 2.78. The van der Waals surface area contributed by atoms with Crippen molar-refractivity contribution in [3.05, 3.63) is 11.7 Å². The summed E-state index contributed by atoms with van der Waals surface area (Å²) in [5, 5.41) is 7.30. The molecule has 102 valence electrons. The molecule has 0 amide bonds. The van der Waals surface area contributed by atoms with Crippen LogP contribution >= 0.6 is 0 Å². The number of hydrogen-bond acceptors (Lipinski definition) is 6. The summed E-state index contributed by atoms with van der Waals surface area (Å²) in [5.74, 6) is 1.16. The Morgan fingerprint density at radius 2 is 2.22 bits per heavy atom. The molecule has 1 aromatic rings. The van der Waals surface area contributed by atoms with Gasteiger partial charge in [-0.15, -0.1) is 0 Å². The molecule has 1 fully saturated rings. The minimum atomic E-state index is -0.181. The zero-order valence-electron chi connectivity index (χ0n) is 11.4. The fourth-order valence-corrected chi connectivity index (χ4v) is 2.07. The molecule has 6 heteroatoms. The fraction of sp³-hybridized carbons (Fsp3) is 0.833. The van der Waals surface area contributed by atoms with Crippen LogP contribution in [0.1, 0.15) is 44.6 Å². The van der Waals surface area contributed by atoms with Gasteiger partial charge in [-0.2, -0.15) is 4.98 Å². The molecular weight excluding hydrogens is 234 g/mol. The molecule has 2 unspecified atom stereocenters. The van der Waals surface area contributed by atoms with Crippen molar-refractivity contribution in [2.75, 3.05) is 26.9 Å². The Labute approximate surface area is 107 Å². The second-order valence-corrected chi connectivity index (χ2v) is 5.55. The number of hydrogen-bond donors (Lipinski definition) is 1. The van der Waals surface area contributed by atoms with Crippen molar-refractivity contribution < 1.29 is 14.0 Å². The molecule has 18 heavy (non-hydrogen) atoms. The summed E-state index contributed by atoms with van der Waals surface area (Å²) in [6, 6.07) is -0.0162. The Hall–Kier alpha value is -0.980. The van der Waals surface area contributed by atoms with Crippen molar-refractivity contribution in [2.45, 2.75) is 32.9 Å². The molecule has 1 saturated heterocycles. The molecule has 2 heterocycles. The summed E-state index contributed by atoms with van der Waals surface area (Å²) in [6.45, 7) is 8.34. The van der Waals surface area contributed by atoms with E-state index in [-0.39, 0.29) is 17.6 Å². The van der Waals surface area contributed by atoms with E-state index in [1.807, 2.05) is 0 Å². The first-order valence-electron chi connectivity index (χ1n) is 6.20. The highest BCUT2D eigenvalue weighted by Gasteiger charge is 2.32. The van der Waals surface area contributed by atoms with Crippen molar-refractivity contribution in [2.24, 2.45) is 5.41 Å². The smallest absolute Gasteiger partial charge is 0.246 e. The van der Waals surface area contributed by atoms with Gasteiger partial charge >= 0.3 is 0 Å². The third-order valence-electron chi connectivity index (χ3n) is 2.93. The molecule has 2 rings (SSSR count). The summed E-state index contributed by atoms with van der Waals surface area (Å²) < 4.78 is 16.1. The summed E-state index contributed by atoms with van der Waals surface area (Å²) in [6.07, 6.45) is -0.181. The quantitative estimate of drug-likeness (QED) is 0.882. The number of morpholine rings is 1. The van der Waals surface area contributed by atoms with Crippen LogP contribution in [0.2, 0.25) is 0 Å². The van der Waals surface area contributed by atoms with E-state index >= 15 is 0 Å². The van der Waals surface area contributed by atoms with Crippen molar-refractivity contribution in [1.82, 2.24) is 15.5 Å². The predicted molar refractivity (Wildman–Crippen MR) is 65.1 cm³/mol. The molecule has 0 aromatic carbocycles. The first kappa shape index (κ1) is 13.5. The van der Waals surface area contributed by atoms with Crippen molar-refractivity contribution in [1.29, 1.82) is 0 Å². The largest absolute Gasteiger partial charge is 0.378 e. The highest BCUT2D eigenvalue weighted by atomic mass is 16.5. The van der Waals surface area contributed by atoms with E-state index in [9.17, 15) is 0 Å². The third-order valence-corrected chi connectivity index (χ3v) is 2.93. The monoisotopic (exact) mass is 255 g/mol. The van der Waals surface area contributed by atoms with Gasteiger partial charge in [0, 0.05) is 13.7 Å². The van der Waals surface area contributed by atoms with E-state index < -0.39 is 0 Å². The third kappa shape index (κ3) is 2.88. The number of nitrogens with zero attached hydrogens (tertiary/aromatic N) is 2. The minimum absolute atomic E-state index is 0.0162. The normalized spacial score (nSPS) is 23.0. The van der Waals surface area contributed by atoms with E-state index in [0.29, 0.717) is 18.3 Å². The van der Waals surface area contributed by atoms with Crippen molar-refractivity contribution in [3.8, 4) is 0 Å². The molecule has 2 atom stereocenters. The van der Waals surface area contributed by atoms with E-state index in [1.165, 1.54) is 0 Å². The van der Waals surface area contributed by atoms with Crippen molar-refractivity contribution in [3.63, 3.8) is 0 Å². The maximum atomic E-state index is 5.46. The van der Waals surface area contributed by atoms with E-state index in [0.717, 1.165) is 13.2 Å². The van der Waals surface area contributed by atoms with E-state index in [2.05, 4.69) is 36.2 Å². The molecule has 1 aliphatic heterocycles. The van der Waals surface area contributed by atoms with Gasteiger partial charge in [0.15, 0.2) is 0 Å². The zero-order valence-corrected chi connectivity index (χ0v) is 11.4. The van der Waals surface area contributed by atoms with Gasteiger partial charge < -0.3 is 19.3 Å². The van der Waals surface area contributed by atoms with Gasteiger partial charge in [0.2, 0.25) is 11.7 Å². The molecule has 1 N–H and O–H groups in total. The highest BCUT2D eigenvalue weighted by molar-refractivity contribution is 4.99. The van der Waals surface area contributed by atoms with E-state index in [1.54, 1.807) is 7.11 Å². The Bertz CT molecular complexity index is 380. The summed E-state index contributed by atoms with van der Waals surface area (Å²) in [4.78, 5) is 4.43. The van der Waals surface area contributed by atoms with Gasteiger partial charge in [0.25, 0.3) is 0 Å². The first-order chi connectivity index (χ1) is 8.52. The molecule has 6 nitrogen and oxygen atoms in total. The van der Waals surface area contributed by atoms with Gasteiger partial charge in [-0.25, -0.2) is 0 Å². The van der Waals surface area contributed by atoms with Gasteiger partial charge in [-0.3, -0.25) is 0 Å². The Kier molecular flexibility index (Phi) is 3.99. The second-order valence-electron chi connectivity index (χ2n) is 5.55. The number of nitrogens with one attached hydrogen (secondary N) is 1. The number of aromatic nitrogens is 2. The highest BCUT2D eigenvalue weighted by Crippen LogP contribution is 2.34. The first-order valence-corrected chi connectivity index (χ1v) is 6.20. The van der Waals surface area contributed by atoms with Crippen LogP contribution in [-0.4, -0.2) is 37.0 Å². The van der Waals surface area contributed by atoms with Crippen LogP contribution in [0.15, 0.2) is 4.52 Å². The summed E-state index contributed by atoms with van der Waals surface area (Å²) in [7, 11) is 1.66. The van der Waals surface area contributed by atoms with Gasteiger partial charge in [-0.1, -0.05) is 25.9 Å². The predicted octanol–water partition coefficient (Wildman–Crippen LogP) is 1.46. The lowest BCUT2D eigenvalue weighted by molar-refractivity contribution is 0.00718. The fourth-order valence-electron chi connectivity index (χ4n) is 2.07. The minimum Gasteiger partial charge on any atom is -0.378 e. The molecule has 0 bridgehead atoms. The molecule has 0 aliphatic carbocycles. The molecule has 0 saturated carbocycles. The van der Waals surface area contributed by atoms with Gasteiger partial charge in [-0.05, 0) is 5.41 Å². The summed E-state index contributed by atoms with van der Waals surface area (Å²) in [5.41, 5.74) is -0.0770. The Balaban J connectivity index is 2.13. The van der Waals surface area contributed by atoms with Crippen LogP contribution in [0.3, 0.4) is 0 Å². The zero-order chi connectivity index (χ0) is 13.2. The lowest BCUT2D eigenvalue weighted by Gasteiger charge is -2.26. The molecule has 1 aliphatic rings. The van der Waals surface area contributed by atoms with Crippen LogP contribution < -0.4 is 5.32 Å². The summed E-state index contributed by atoms with van der Waals surface area (Å²) >= 11 is 0. The van der Waals surface area contributed by atoms with Crippen LogP contribution in [0.25, 0.3) is 0 Å². The molecule has 0 radical (unpaired) electrons. The average molecular weight is 255 g/mol. The number of rotatable bonds is 3. The maximum absolute atomic E-state index is 5.46. The maximum Gasteiger partial charge on any atom is 0.246 e. The van der Waals surface area contributed by atoms with E-state index in [4.69, 9.17) is 14.0 Å². The molecule has 0 spiro atoms. The van der Waals surface area contributed by atoms with Crippen molar-refractivity contribution >= 4 is 0 Å². The lowest BCUT2D eigenvalue weighted by atomic mass is 9.88. The molecular formula is C12H21N3O3.